The number of carbonyl (C=O) groups is 3. The van der Waals surface area contributed by atoms with Gasteiger partial charge in [-0.15, -0.1) is 5.10 Å². The normalized spacial score (nSPS) is 11.4. The van der Waals surface area contributed by atoms with Crippen LogP contribution in [0.4, 0.5) is 0 Å². The van der Waals surface area contributed by atoms with Gasteiger partial charge < -0.3 is 15.4 Å². The molecule has 0 aliphatic carbocycles. The van der Waals surface area contributed by atoms with Crippen LogP contribution in [0.25, 0.3) is 5.69 Å². The third kappa shape index (κ3) is 6.80. The zero-order chi connectivity index (χ0) is 26.9. The SMILES string of the molecule is COC(=O)c1ccc(C(=O)N[C@@H](Cc2ccccc2)C(=O)NCCc2cc(Cl)ccc2-n2cnnn2)cc1. The van der Waals surface area contributed by atoms with E-state index in [1.54, 1.807) is 18.2 Å². The number of methoxy groups -OCH3 is 1. The standard InChI is InChI=1S/C27H25ClN6O4/c1-38-27(37)20-9-7-19(8-10-20)25(35)31-23(15-18-5-3-2-4-6-18)26(36)29-14-13-21-16-22(28)11-12-24(21)34-17-30-32-33-34/h2-12,16-17,23H,13-15H2,1H3,(H,29,36)(H,31,35)/t23-/m0/s1. The summed E-state index contributed by atoms with van der Waals surface area (Å²) in [6.07, 6.45) is 2.24. The molecule has 194 valence electrons. The predicted octanol–water partition coefficient (Wildman–Crippen LogP) is 2.80. The molecule has 4 aromatic rings. The highest BCUT2D eigenvalue weighted by Gasteiger charge is 2.22. The summed E-state index contributed by atoms with van der Waals surface area (Å²) in [5.74, 6) is -1.27. The van der Waals surface area contributed by atoms with E-state index in [0.717, 1.165) is 16.8 Å². The van der Waals surface area contributed by atoms with Gasteiger partial charge in [-0.3, -0.25) is 9.59 Å². The summed E-state index contributed by atoms with van der Waals surface area (Å²) in [6.45, 7) is 0.295. The molecule has 0 aliphatic heterocycles. The molecule has 0 fully saturated rings. The van der Waals surface area contributed by atoms with Crippen molar-refractivity contribution in [3.05, 3.63) is 106 Å². The van der Waals surface area contributed by atoms with Gasteiger partial charge >= 0.3 is 5.97 Å². The van der Waals surface area contributed by atoms with E-state index in [9.17, 15) is 14.4 Å². The highest BCUT2D eigenvalue weighted by molar-refractivity contribution is 6.30. The van der Waals surface area contributed by atoms with Gasteiger partial charge in [0.2, 0.25) is 5.91 Å². The minimum absolute atomic E-state index is 0.295. The monoisotopic (exact) mass is 532 g/mol. The van der Waals surface area contributed by atoms with E-state index in [-0.39, 0.29) is 5.91 Å². The van der Waals surface area contributed by atoms with Crippen LogP contribution < -0.4 is 10.6 Å². The van der Waals surface area contributed by atoms with Gasteiger partial charge in [0.15, 0.2) is 0 Å². The summed E-state index contributed by atoms with van der Waals surface area (Å²) in [4.78, 5) is 37.9. The number of hydrogen-bond donors (Lipinski definition) is 2. The van der Waals surface area contributed by atoms with E-state index >= 15 is 0 Å². The van der Waals surface area contributed by atoms with Gasteiger partial charge in [0.1, 0.15) is 12.4 Å². The lowest BCUT2D eigenvalue weighted by Gasteiger charge is -2.19. The number of hydrogen-bond acceptors (Lipinski definition) is 7. The molecular formula is C27H25ClN6O4. The highest BCUT2D eigenvalue weighted by atomic mass is 35.5. The van der Waals surface area contributed by atoms with E-state index in [4.69, 9.17) is 16.3 Å². The molecule has 1 heterocycles. The van der Waals surface area contributed by atoms with E-state index < -0.39 is 17.9 Å². The number of nitrogens with one attached hydrogen (secondary N) is 2. The number of rotatable bonds is 10. The molecular weight excluding hydrogens is 508 g/mol. The average Bonchev–Trinajstić information content (AvgIpc) is 3.48. The molecule has 0 saturated heterocycles. The van der Waals surface area contributed by atoms with E-state index in [2.05, 4.69) is 26.2 Å². The number of aromatic nitrogens is 4. The zero-order valence-electron chi connectivity index (χ0n) is 20.5. The Morgan fingerprint density at radius 3 is 2.42 bits per heavy atom. The Labute approximate surface area is 224 Å². The zero-order valence-corrected chi connectivity index (χ0v) is 21.3. The minimum atomic E-state index is -0.830. The summed E-state index contributed by atoms with van der Waals surface area (Å²) in [5, 5.41) is 17.6. The number of halogens is 1. The number of ether oxygens (including phenoxy) is 1. The van der Waals surface area contributed by atoms with Crippen molar-refractivity contribution >= 4 is 29.4 Å². The fourth-order valence-electron chi connectivity index (χ4n) is 3.87. The lowest BCUT2D eigenvalue weighted by molar-refractivity contribution is -0.122. The van der Waals surface area contributed by atoms with Gasteiger partial charge in [-0.25, -0.2) is 9.48 Å². The minimum Gasteiger partial charge on any atom is -0.465 e. The molecule has 0 bridgehead atoms. The van der Waals surface area contributed by atoms with Crippen molar-refractivity contribution in [1.29, 1.82) is 0 Å². The van der Waals surface area contributed by atoms with Gasteiger partial charge in [-0.2, -0.15) is 0 Å². The smallest absolute Gasteiger partial charge is 0.337 e. The van der Waals surface area contributed by atoms with Crippen molar-refractivity contribution in [2.24, 2.45) is 0 Å². The predicted molar refractivity (Wildman–Crippen MR) is 140 cm³/mol. The maximum Gasteiger partial charge on any atom is 0.337 e. The van der Waals surface area contributed by atoms with E-state index in [1.165, 1.54) is 42.4 Å². The molecule has 3 aromatic carbocycles. The van der Waals surface area contributed by atoms with Crippen molar-refractivity contribution in [2.45, 2.75) is 18.9 Å². The van der Waals surface area contributed by atoms with Crippen LogP contribution in [0.1, 0.15) is 31.8 Å². The van der Waals surface area contributed by atoms with Crippen molar-refractivity contribution < 1.29 is 19.1 Å². The first-order chi connectivity index (χ1) is 18.4. The Kier molecular flexibility index (Phi) is 8.78. The second-order valence-electron chi connectivity index (χ2n) is 8.35. The first-order valence-corrected chi connectivity index (χ1v) is 12.1. The van der Waals surface area contributed by atoms with Gasteiger partial charge in [0.25, 0.3) is 5.91 Å². The first-order valence-electron chi connectivity index (χ1n) is 11.8. The molecule has 1 aromatic heterocycles. The Morgan fingerprint density at radius 1 is 1.00 bits per heavy atom. The van der Waals surface area contributed by atoms with Crippen molar-refractivity contribution in [1.82, 2.24) is 30.8 Å². The van der Waals surface area contributed by atoms with Crippen molar-refractivity contribution in [2.75, 3.05) is 13.7 Å². The molecule has 2 amide bonds. The Balaban J connectivity index is 1.45. The van der Waals surface area contributed by atoms with Crippen molar-refractivity contribution in [3.63, 3.8) is 0 Å². The molecule has 4 rings (SSSR count). The number of carbonyl (C=O) groups excluding carboxylic acids is 3. The Hall–Kier alpha value is -4.57. The van der Waals surface area contributed by atoms with Crippen LogP contribution in [0.15, 0.2) is 79.1 Å². The van der Waals surface area contributed by atoms with Gasteiger partial charge in [0, 0.05) is 23.6 Å². The average molecular weight is 533 g/mol. The molecule has 0 saturated carbocycles. The number of nitrogens with zero attached hydrogens (tertiary/aromatic N) is 4. The Morgan fingerprint density at radius 2 is 1.74 bits per heavy atom. The van der Waals surface area contributed by atoms with Crippen LogP contribution in [0, 0.1) is 0 Å². The molecule has 11 heteroatoms. The molecule has 10 nitrogen and oxygen atoms in total. The lowest BCUT2D eigenvalue weighted by Crippen LogP contribution is -2.48. The second-order valence-corrected chi connectivity index (χ2v) is 8.79. The number of amides is 2. The fraction of sp³-hybridized carbons (Fsp3) is 0.185. The third-order valence-corrected chi connectivity index (χ3v) is 6.04. The third-order valence-electron chi connectivity index (χ3n) is 5.80. The second kappa shape index (κ2) is 12.6. The number of benzene rings is 3. The highest BCUT2D eigenvalue weighted by Crippen LogP contribution is 2.19. The van der Waals surface area contributed by atoms with E-state index in [0.29, 0.717) is 35.5 Å². The summed E-state index contributed by atoms with van der Waals surface area (Å²) >= 11 is 6.19. The quantitative estimate of drug-likeness (QED) is 0.300. The summed E-state index contributed by atoms with van der Waals surface area (Å²) in [6, 6.07) is 19.9. The largest absolute Gasteiger partial charge is 0.465 e. The molecule has 38 heavy (non-hydrogen) atoms. The lowest BCUT2D eigenvalue weighted by atomic mass is 10.0. The first kappa shape index (κ1) is 26.5. The van der Waals surface area contributed by atoms with Crippen LogP contribution in [0.5, 0.6) is 0 Å². The molecule has 0 radical (unpaired) electrons. The molecule has 2 N–H and O–H groups in total. The van der Waals surface area contributed by atoms with Crippen LogP contribution in [-0.2, 0) is 22.4 Å². The molecule has 0 spiro atoms. The van der Waals surface area contributed by atoms with Crippen molar-refractivity contribution in [3.8, 4) is 5.69 Å². The summed E-state index contributed by atoms with van der Waals surface area (Å²) in [5.41, 5.74) is 3.13. The Bertz CT molecular complexity index is 1400. The molecule has 1 atom stereocenters. The van der Waals surface area contributed by atoms with E-state index in [1.807, 2.05) is 30.3 Å². The van der Waals surface area contributed by atoms with Gasteiger partial charge in [-0.05, 0) is 70.4 Å². The maximum atomic E-state index is 13.2. The molecule has 0 aliphatic rings. The number of tetrazole rings is 1. The van der Waals surface area contributed by atoms with Crippen LogP contribution in [0.3, 0.4) is 0 Å². The van der Waals surface area contributed by atoms with Crippen LogP contribution >= 0.6 is 11.6 Å². The van der Waals surface area contributed by atoms with Crippen LogP contribution in [0.2, 0.25) is 5.02 Å². The van der Waals surface area contributed by atoms with Gasteiger partial charge in [-0.1, -0.05) is 41.9 Å². The fourth-order valence-corrected chi connectivity index (χ4v) is 4.06. The number of esters is 1. The summed E-state index contributed by atoms with van der Waals surface area (Å²) in [7, 11) is 1.29. The maximum absolute atomic E-state index is 13.2. The summed E-state index contributed by atoms with van der Waals surface area (Å²) < 4.78 is 6.22. The van der Waals surface area contributed by atoms with Crippen LogP contribution in [-0.4, -0.2) is 57.7 Å². The van der Waals surface area contributed by atoms with Gasteiger partial charge in [0.05, 0.1) is 18.4 Å². The topological polar surface area (TPSA) is 128 Å². The molecule has 0 unspecified atom stereocenters.